The van der Waals surface area contributed by atoms with Crippen LogP contribution in [0.2, 0.25) is 0 Å². The second kappa shape index (κ2) is 10.8. The fourth-order valence-electron chi connectivity index (χ4n) is 4.42. The number of thiophene rings is 1. The minimum atomic E-state index is -5.08. The van der Waals surface area contributed by atoms with Crippen LogP contribution < -0.4 is 0 Å². The number of halogens is 3. The second-order valence-electron chi connectivity index (χ2n) is 8.52. The minimum absolute atomic E-state index is 0.291. The summed E-state index contributed by atoms with van der Waals surface area (Å²) in [5, 5.41) is 9.17. The van der Waals surface area contributed by atoms with Gasteiger partial charge in [-0.2, -0.15) is 13.2 Å². The first-order valence-corrected chi connectivity index (χ1v) is 11.2. The Morgan fingerprint density at radius 3 is 2.39 bits per heavy atom. The van der Waals surface area contributed by atoms with Crippen LogP contribution in [-0.4, -0.2) is 78.4 Å². The van der Waals surface area contributed by atoms with Gasteiger partial charge in [-0.15, -0.1) is 11.3 Å². The molecule has 6 nitrogen and oxygen atoms in total. The van der Waals surface area contributed by atoms with Gasteiger partial charge >= 0.3 is 12.1 Å². The molecule has 3 rings (SSSR count). The van der Waals surface area contributed by atoms with Gasteiger partial charge in [0.15, 0.2) is 0 Å². The van der Waals surface area contributed by atoms with E-state index in [0.29, 0.717) is 29.8 Å². The van der Waals surface area contributed by atoms with Crippen LogP contribution in [0.15, 0.2) is 17.5 Å². The second-order valence-corrected chi connectivity index (χ2v) is 9.55. The SMILES string of the molecule is COCC1CC2(CCN(C(=O)Cc3cccs3)CC2)CN1C(C)C.O=C(O)C(F)(F)F. The molecule has 1 amide bonds. The van der Waals surface area contributed by atoms with Crippen LogP contribution in [0.25, 0.3) is 0 Å². The summed E-state index contributed by atoms with van der Waals surface area (Å²) >= 11 is 1.68. The monoisotopic (exact) mass is 464 g/mol. The highest BCUT2D eigenvalue weighted by Gasteiger charge is 2.46. The standard InChI is InChI=1S/C19H30N2O2S.C2HF3O2/c1-15(2)21-14-19(12-16(21)13-23-3)6-8-20(9-7-19)18(22)11-17-5-4-10-24-17;3-2(4,5)1(6)7/h4-5,10,15-16H,6-9,11-14H2,1-3H3;(H,6,7). The lowest BCUT2D eigenvalue weighted by Crippen LogP contribution is -2.45. The van der Waals surface area contributed by atoms with E-state index in [1.54, 1.807) is 18.4 Å². The molecule has 2 fully saturated rings. The Bertz CT molecular complexity index is 717. The van der Waals surface area contributed by atoms with Gasteiger partial charge in [0.1, 0.15) is 0 Å². The Kier molecular flexibility index (Phi) is 8.91. The summed E-state index contributed by atoms with van der Waals surface area (Å²) in [7, 11) is 1.80. The summed E-state index contributed by atoms with van der Waals surface area (Å²) in [4.78, 5) is 27.3. The quantitative estimate of drug-likeness (QED) is 0.720. The highest BCUT2D eigenvalue weighted by atomic mass is 32.1. The number of hydrogen-bond acceptors (Lipinski definition) is 5. The number of aliphatic carboxylic acids is 1. The third kappa shape index (κ3) is 7.18. The fourth-order valence-corrected chi connectivity index (χ4v) is 5.11. The summed E-state index contributed by atoms with van der Waals surface area (Å²) in [6.07, 6.45) is -1.04. The minimum Gasteiger partial charge on any atom is -0.475 e. The van der Waals surface area contributed by atoms with E-state index in [9.17, 15) is 18.0 Å². The molecular weight excluding hydrogens is 433 g/mol. The lowest BCUT2D eigenvalue weighted by atomic mass is 9.76. The molecule has 10 heteroatoms. The number of piperidine rings is 1. The average molecular weight is 465 g/mol. The van der Waals surface area contributed by atoms with Crippen molar-refractivity contribution in [3.63, 3.8) is 0 Å². The lowest BCUT2D eigenvalue weighted by Gasteiger charge is -2.39. The molecule has 31 heavy (non-hydrogen) atoms. The third-order valence-corrected chi connectivity index (χ3v) is 6.88. The number of alkyl halides is 3. The zero-order valence-corrected chi connectivity index (χ0v) is 19.0. The van der Waals surface area contributed by atoms with Crippen molar-refractivity contribution in [3.8, 4) is 0 Å². The maximum atomic E-state index is 12.5. The van der Waals surface area contributed by atoms with Crippen LogP contribution >= 0.6 is 11.3 Å². The molecule has 0 aromatic carbocycles. The van der Waals surface area contributed by atoms with Gasteiger partial charge < -0.3 is 14.7 Å². The number of carbonyl (C=O) groups excluding carboxylic acids is 1. The van der Waals surface area contributed by atoms with Crippen molar-refractivity contribution >= 4 is 23.2 Å². The molecular formula is C21H31F3N2O4S. The van der Waals surface area contributed by atoms with E-state index in [2.05, 4.69) is 29.7 Å². The number of nitrogens with zero attached hydrogens (tertiary/aromatic N) is 2. The van der Waals surface area contributed by atoms with Crippen molar-refractivity contribution in [2.24, 2.45) is 5.41 Å². The number of ether oxygens (including phenoxy) is 1. The summed E-state index contributed by atoms with van der Waals surface area (Å²) in [6.45, 7) is 8.36. The Morgan fingerprint density at radius 1 is 1.32 bits per heavy atom. The number of methoxy groups -OCH3 is 1. The van der Waals surface area contributed by atoms with E-state index >= 15 is 0 Å². The van der Waals surface area contributed by atoms with E-state index in [0.717, 1.165) is 39.1 Å². The number of hydrogen-bond donors (Lipinski definition) is 1. The summed E-state index contributed by atoms with van der Waals surface area (Å²) in [6, 6.07) is 5.17. The van der Waals surface area contributed by atoms with Crippen LogP contribution in [0.1, 0.15) is 38.0 Å². The molecule has 0 saturated carbocycles. The van der Waals surface area contributed by atoms with Gasteiger partial charge in [0.25, 0.3) is 0 Å². The Morgan fingerprint density at radius 2 is 1.94 bits per heavy atom. The number of carboxylic acids is 1. The zero-order chi connectivity index (χ0) is 23.2. The van der Waals surface area contributed by atoms with Crippen molar-refractivity contribution in [1.82, 2.24) is 9.80 Å². The van der Waals surface area contributed by atoms with Gasteiger partial charge in [-0.3, -0.25) is 9.69 Å². The van der Waals surface area contributed by atoms with Gasteiger partial charge in [-0.05, 0) is 50.0 Å². The van der Waals surface area contributed by atoms with Crippen molar-refractivity contribution in [3.05, 3.63) is 22.4 Å². The molecule has 1 aromatic heterocycles. The molecule has 2 aliphatic rings. The smallest absolute Gasteiger partial charge is 0.475 e. The maximum Gasteiger partial charge on any atom is 0.490 e. The first-order chi connectivity index (χ1) is 14.5. The summed E-state index contributed by atoms with van der Waals surface area (Å²) in [5.74, 6) is -2.47. The molecule has 1 aromatic rings. The molecule has 0 radical (unpaired) electrons. The Labute approximate surface area is 185 Å². The molecule has 0 aliphatic carbocycles. The molecule has 2 aliphatic heterocycles. The fraction of sp³-hybridized carbons (Fsp3) is 0.714. The number of likely N-dealkylation sites (tertiary alicyclic amines) is 2. The molecule has 0 bridgehead atoms. The molecule has 1 unspecified atom stereocenters. The van der Waals surface area contributed by atoms with Crippen LogP contribution in [0.4, 0.5) is 13.2 Å². The predicted octanol–water partition coefficient (Wildman–Crippen LogP) is 3.66. The molecule has 3 heterocycles. The summed E-state index contributed by atoms with van der Waals surface area (Å²) < 4.78 is 37.2. The van der Waals surface area contributed by atoms with E-state index in [-0.39, 0.29) is 0 Å². The van der Waals surface area contributed by atoms with Gasteiger partial charge in [-0.25, -0.2) is 4.79 Å². The van der Waals surface area contributed by atoms with E-state index < -0.39 is 12.1 Å². The maximum absolute atomic E-state index is 12.5. The van der Waals surface area contributed by atoms with Crippen LogP contribution in [0.3, 0.4) is 0 Å². The topological polar surface area (TPSA) is 70.1 Å². The number of carboxylic acid groups (broad SMARTS) is 1. The van der Waals surface area contributed by atoms with Gasteiger partial charge in [0.05, 0.1) is 13.0 Å². The number of rotatable bonds is 5. The first-order valence-electron chi connectivity index (χ1n) is 10.3. The van der Waals surface area contributed by atoms with Gasteiger partial charge in [-0.1, -0.05) is 6.07 Å². The van der Waals surface area contributed by atoms with Crippen LogP contribution in [0, 0.1) is 5.41 Å². The number of carbonyl (C=O) groups is 2. The predicted molar refractivity (Wildman–Crippen MR) is 112 cm³/mol. The van der Waals surface area contributed by atoms with E-state index in [1.165, 1.54) is 11.3 Å². The van der Waals surface area contributed by atoms with Crippen molar-refractivity contribution < 1.29 is 32.6 Å². The third-order valence-electron chi connectivity index (χ3n) is 6.00. The normalized spacial score (nSPS) is 21.3. The summed E-state index contributed by atoms with van der Waals surface area (Å²) in [5.41, 5.74) is 0.382. The largest absolute Gasteiger partial charge is 0.490 e. The highest BCUT2D eigenvalue weighted by molar-refractivity contribution is 7.10. The van der Waals surface area contributed by atoms with Crippen molar-refractivity contribution in [2.75, 3.05) is 33.4 Å². The van der Waals surface area contributed by atoms with E-state index in [1.807, 2.05) is 11.4 Å². The Balaban J connectivity index is 0.000000423. The average Bonchev–Trinajstić information content (AvgIpc) is 3.31. The molecule has 1 N–H and O–H groups in total. The lowest BCUT2D eigenvalue weighted by molar-refractivity contribution is -0.192. The molecule has 176 valence electrons. The molecule has 1 spiro atoms. The van der Waals surface area contributed by atoms with E-state index in [4.69, 9.17) is 14.6 Å². The first kappa shape index (κ1) is 25.6. The van der Waals surface area contributed by atoms with Crippen molar-refractivity contribution in [2.45, 2.75) is 57.8 Å². The van der Waals surface area contributed by atoms with Gasteiger partial charge in [0.2, 0.25) is 5.91 Å². The van der Waals surface area contributed by atoms with Crippen LogP contribution in [0.5, 0.6) is 0 Å². The van der Waals surface area contributed by atoms with Gasteiger partial charge in [0, 0.05) is 43.7 Å². The Hall–Kier alpha value is -1.65. The zero-order valence-electron chi connectivity index (χ0n) is 18.2. The highest BCUT2D eigenvalue weighted by Crippen LogP contribution is 2.44. The van der Waals surface area contributed by atoms with Crippen LogP contribution in [-0.2, 0) is 20.7 Å². The molecule has 1 atom stereocenters. The molecule has 2 saturated heterocycles. The van der Waals surface area contributed by atoms with Crippen molar-refractivity contribution in [1.29, 1.82) is 0 Å². The number of amides is 1.